The molecule has 168 valence electrons. The first kappa shape index (κ1) is 21.2. The van der Waals surface area contributed by atoms with Crippen molar-refractivity contribution in [2.24, 2.45) is 34.5 Å². The van der Waals surface area contributed by atoms with Gasteiger partial charge >= 0.3 is 0 Å². The fourth-order valence-electron chi connectivity index (χ4n) is 8.11. The lowest BCUT2D eigenvalue weighted by Crippen LogP contribution is -2.51. The minimum absolute atomic E-state index is 0.0506. The molecule has 30 heavy (non-hydrogen) atoms. The highest BCUT2D eigenvalue weighted by Gasteiger charge is 2.58. The molecule has 1 saturated heterocycles. The van der Waals surface area contributed by atoms with Crippen molar-refractivity contribution >= 4 is 5.78 Å². The number of Topliss-reactive ketones (excluding diaryl/α,β-unsaturated/α-hetero) is 1. The maximum Gasteiger partial charge on any atom is 0.184 e. The number of ketones is 1. The van der Waals surface area contributed by atoms with Crippen LogP contribution < -0.4 is 0 Å². The molecule has 3 saturated carbocycles. The van der Waals surface area contributed by atoms with Crippen LogP contribution in [0, 0.1) is 34.5 Å². The van der Waals surface area contributed by atoms with E-state index in [4.69, 9.17) is 9.47 Å². The molecule has 5 aliphatic rings. The molecule has 0 amide bonds. The zero-order valence-corrected chi connectivity index (χ0v) is 19.2. The van der Waals surface area contributed by atoms with Crippen molar-refractivity contribution in [3.8, 4) is 0 Å². The van der Waals surface area contributed by atoms with E-state index in [1.165, 1.54) is 6.42 Å². The number of carbonyl (C=O) groups excluding carboxylic acids is 1. The van der Waals surface area contributed by atoms with Gasteiger partial charge in [0.25, 0.3) is 0 Å². The van der Waals surface area contributed by atoms with Crippen LogP contribution in [0.3, 0.4) is 0 Å². The molecule has 0 radical (unpaired) electrons. The van der Waals surface area contributed by atoms with E-state index in [1.54, 1.807) is 5.57 Å². The highest BCUT2D eigenvalue weighted by atomic mass is 16.7. The maximum atomic E-state index is 12.6. The first-order valence-corrected chi connectivity index (χ1v) is 12.4. The second-order valence-corrected chi connectivity index (χ2v) is 11.7. The van der Waals surface area contributed by atoms with Gasteiger partial charge in [-0.05, 0) is 87.4 Å². The van der Waals surface area contributed by atoms with Gasteiger partial charge in [-0.15, -0.1) is 0 Å². The number of carbonyl (C=O) groups is 1. The van der Waals surface area contributed by atoms with Crippen LogP contribution in [-0.4, -0.2) is 35.5 Å². The van der Waals surface area contributed by atoms with E-state index < -0.39 is 12.4 Å². The second-order valence-electron chi connectivity index (χ2n) is 11.7. The fraction of sp³-hybridized carbons (Fsp3) is 0.885. The monoisotopic (exact) mass is 416 g/mol. The SMILES string of the molecule is CC1CC(C)[C@@H](O)[C@H](O[C@H]2CC[C@@]3(C)C(=CC[C@@H]4[C@@H]3CC[C@]3(C)C(=O)CC[C@@H]43)C2)O1. The number of hydrogen-bond acceptors (Lipinski definition) is 4. The predicted octanol–water partition coefficient (Wildman–Crippen LogP) is 5.04. The molecule has 1 N–H and O–H groups in total. The van der Waals surface area contributed by atoms with Crippen LogP contribution >= 0.6 is 0 Å². The van der Waals surface area contributed by atoms with E-state index in [0.29, 0.717) is 23.5 Å². The van der Waals surface area contributed by atoms with Crippen molar-refractivity contribution < 1.29 is 19.4 Å². The molecule has 5 rings (SSSR count). The predicted molar refractivity (Wildman–Crippen MR) is 116 cm³/mol. The van der Waals surface area contributed by atoms with Gasteiger partial charge in [-0.3, -0.25) is 4.79 Å². The molecule has 4 aliphatic carbocycles. The Labute approximate surface area is 181 Å². The van der Waals surface area contributed by atoms with E-state index in [-0.39, 0.29) is 29.0 Å². The van der Waals surface area contributed by atoms with Gasteiger partial charge in [-0.25, -0.2) is 0 Å². The molecule has 2 unspecified atom stereocenters. The summed E-state index contributed by atoms with van der Waals surface area (Å²) < 4.78 is 12.3. The van der Waals surface area contributed by atoms with E-state index in [1.807, 2.05) is 0 Å². The van der Waals surface area contributed by atoms with E-state index in [2.05, 4.69) is 33.8 Å². The van der Waals surface area contributed by atoms with Crippen molar-refractivity contribution in [1.29, 1.82) is 0 Å². The van der Waals surface area contributed by atoms with Gasteiger partial charge in [-0.1, -0.05) is 32.4 Å². The van der Waals surface area contributed by atoms with Gasteiger partial charge in [0.05, 0.1) is 12.2 Å². The molecule has 4 fully saturated rings. The van der Waals surface area contributed by atoms with Gasteiger partial charge in [0.2, 0.25) is 0 Å². The third kappa shape index (κ3) is 3.16. The van der Waals surface area contributed by atoms with Crippen LogP contribution in [0.25, 0.3) is 0 Å². The first-order valence-electron chi connectivity index (χ1n) is 12.4. The molecule has 4 nitrogen and oxygen atoms in total. The van der Waals surface area contributed by atoms with Crippen molar-refractivity contribution in [3.63, 3.8) is 0 Å². The Kier molecular flexibility index (Phi) is 5.23. The third-order valence-electron chi connectivity index (χ3n) is 10.0. The smallest absolute Gasteiger partial charge is 0.184 e. The molecule has 10 atom stereocenters. The number of fused-ring (bicyclic) bond motifs is 5. The summed E-state index contributed by atoms with van der Waals surface area (Å²) >= 11 is 0. The Balaban J connectivity index is 1.31. The Bertz CT molecular complexity index is 731. The van der Waals surface area contributed by atoms with Crippen LogP contribution in [0.4, 0.5) is 0 Å². The summed E-state index contributed by atoms with van der Waals surface area (Å²) in [4.78, 5) is 12.6. The van der Waals surface area contributed by atoms with Crippen molar-refractivity contribution in [2.45, 2.75) is 110 Å². The average molecular weight is 417 g/mol. The van der Waals surface area contributed by atoms with E-state index in [0.717, 1.165) is 51.4 Å². The molecule has 1 heterocycles. The van der Waals surface area contributed by atoms with Crippen LogP contribution in [0.5, 0.6) is 0 Å². The normalized spacial score (nSPS) is 53.5. The summed E-state index contributed by atoms with van der Waals surface area (Å²) in [5.74, 6) is 2.71. The fourth-order valence-corrected chi connectivity index (χ4v) is 8.11. The number of aliphatic hydroxyl groups is 1. The van der Waals surface area contributed by atoms with Gasteiger partial charge in [0, 0.05) is 11.8 Å². The summed E-state index contributed by atoms with van der Waals surface area (Å²) in [7, 11) is 0. The Morgan fingerprint density at radius 2 is 1.83 bits per heavy atom. The zero-order valence-electron chi connectivity index (χ0n) is 19.2. The topological polar surface area (TPSA) is 55.8 Å². The zero-order chi connectivity index (χ0) is 21.3. The molecule has 0 aromatic carbocycles. The number of hydrogen-bond donors (Lipinski definition) is 1. The quantitative estimate of drug-likeness (QED) is 0.641. The molecule has 1 aliphatic heterocycles. The second kappa shape index (κ2) is 7.42. The summed E-state index contributed by atoms with van der Waals surface area (Å²) in [6.07, 6.45) is 11.1. The van der Waals surface area contributed by atoms with E-state index in [9.17, 15) is 9.90 Å². The third-order valence-corrected chi connectivity index (χ3v) is 10.0. The Hall–Kier alpha value is -0.710. The molecule has 0 spiro atoms. The van der Waals surface area contributed by atoms with Crippen molar-refractivity contribution in [2.75, 3.05) is 0 Å². The molecule has 0 bridgehead atoms. The highest BCUT2D eigenvalue weighted by molar-refractivity contribution is 5.87. The summed E-state index contributed by atoms with van der Waals surface area (Å²) in [6.45, 7) is 8.91. The lowest BCUT2D eigenvalue weighted by molar-refractivity contribution is -0.269. The Morgan fingerprint density at radius 3 is 2.63 bits per heavy atom. The van der Waals surface area contributed by atoms with E-state index >= 15 is 0 Å². The van der Waals surface area contributed by atoms with Crippen molar-refractivity contribution in [3.05, 3.63) is 11.6 Å². The molecular formula is C26H40O4. The minimum atomic E-state index is -0.532. The van der Waals surface area contributed by atoms with Crippen molar-refractivity contribution in [1.82, 2.24) is 0 Å². The van der Waals surface area contributed by atoms with Crippen LogP contribution in [-0.2, 0) is 14.3 Å². The van der Waals surface area contributed by atoms with Gasteiger partial charge in [-0.2, -0.15) is 0 Å². The number of allylic oxidation sites excluding steroid dienone is 1. The summed E-state index contributed by atoms with van der Waals surface area (Å²) in [5, 5.41) is 10.6. The van der Waals surface area contributed by atoms with Gasteiger partial charge < -0.3 is 14.6 Å². The molecule has 0 aromatic rings. The van der Waals surface area contributed by atoms with Gasteiger partial charge in [0.1, 0.15) is 11.9 Å². The summed E-state index contributed by atoms with van der Waals surface area (Å²) in [5.41, 5.74) is 1.77. The van der Waals surface area contributed by atoms with Gasteiger partial charge in [0.15, 0.2) is 6.29 Å². The largest absolute Gasteiger partial charge is 0.388 e. The number of rotatable bonds is 2. The first-order chi connectivity index (χ1) is 14.2. The number of ether oxygens (including phenoxy) is 2. The van der Waals surface area contributed by atoms with Crippen LogP contribution in [0.2, 0.25) is 0 Å². The minimum Gasteiger partial charge on any atom is -0.388 e. The average Bonchev–Trinajstić information content (AvgIpc) is 3.01. The Morgan fingerprint density at radius 1 is 1.10 bits per heavy atom. The molecular weight excluding hydrogens is 376 g/mol. The molecule has 4 heteroatoms. The lowest BCUT2D eigenvalue weighted by Gasteiger charge is -2.57. The highest BCUT2D eigenvalue weighted by Crippen LogP contribution is 2.64. The molecule has 0 aromatic heterocycles. The maximum absolute atomic E-state index is 12.6. The standard InChI is InChI=1S/C26H40O4/c1-15-13-16(2)29-24(23(15)28)30-18-9-11-25(3)17(14-18)5-6-19-20-7-8-22(27)26(20,4)12-10-21(19)25/h5,15-16,18-21,23-24,28H,6-14H2,1-4H3/t15?,16?,18-,19-,20-,21-,23+,24-,25-,26-/m0/s1. The van der Waals surface area contributed by atoms with Crippen LogP contribution in [0.15, 0.2) is 11.6 Å². The number of aliphatic hydroxyl groups excluding tert-OH is 1. The lowest BCUT2D eigenvalue weighted by atomic mass is 9.48. The van der Waals surface area contributed by atoms with Crippen LogP contribution in [0.1, 0.15) is 85.5 Å². The summed E-state index contributed by atoms with van der Waals surface area (Å²) in [6, 6.07) is 0.